The number of hydrogen-bond donors (Lipinski definition) is 1. The standard InChI is InChI=1S/C11H17NO/c1-2-3-4-5-11(13)10-6-8-12-9-7-10/h1,10,12H,3-9H2. The van der Waals surface area contributed by atoms with Crippen LogP contribution in [0.4, 0.5) is 0 Å². The van der Waals surface area contributed by atoms with Crippen LogP contribution in [0.1, 0.15) is 32.1 Å². The number of terminal acetylenes is 1. The molecule has 1 heterocycles. The van der Waals surface area contributed by atoms with E-state index < -0.39 is 0 Å². The lowest BCUT2D eigenvalue weighted by molar-refractivity contribution is -0.123. The highest BCUT2D eigenvalue weighted by Crippen LogP contribution is 2.15. The number of carbonyl (C=O) groups is 1. The second-order valence-electron chi connectivity index (χ2n) is 3.55. The van der Waals surface area contributed by atoms with Gasteiger partial charge in [0, 0.05) is 18.8 Å². The molecular weight excluding hydrogens is 162 g/mol. The van der Waals surface area contributed by atoms with Crippen LogP contribution in [0.15, 0.2) is 0 Å². The van der Waals surface area contributed by atoms with E-state index in [2.05, 4.69) is 11.2 Å². The van der Waals surface area contributed by atoms with Crippen molar-refractivity contribution in [2.75, 3.05) is 13.1 Å². The lowest BCUT2D eigenvalue weighted by Gasteiger charge is -2.21. The van der Waals surface area contributed by atoms with Crippen LogP contribution < -0.4 is 5.32 Å². The molecule has 1 aliphatic heterocycles. The summed E-state index contributed by atoms with van der Waals surface area (Å²) in [6.07, 6.45) is 9.41. The Morgan fingerprint density at radius 2 is 2.15 bits per heavy atom. The molecule has 0 aliphatic carbocycles. The third-order valence-corrected chi connectivity index (χ3v) is 2.54. The van der Waals surface area contributed by atoms with Gasteiger partial charge in [-0.05, 0) is 32.4 Å². The molecule has 1 N–H and O–H groups in total. The van der Waals surface area contributed by atoms with Crippen molar-refractivity contribution in [3.8, 4) is 12.3 Å². The van der Waals surface area contributed by atoms with Crippen LogP contribution in [0, 0.1) is 18.3 Å². The van der Waals surface area contributed by atoms with Crippen molar-refractivity contribution in [1.82, 2.24) is 5.32 Å². The Labute approximate surface area is 80.1 Å². The normalized spacial score (nSPS) is 18.1. The molecule has 0 spiro atoms. The Balaban J connectivity index is 2.18. The predicted octanol–water partition coefficient (Wildman–Crippen LogP) is 1.36. The molecule has 1 aliphatic rings. The quantitative estimate of drug-likeness (QED) is 0.521. The summed E-state index contributed by atoms with van der Waals surface area (Å²) in [5.74, 6) is 3.28. The smallest absolute Gasteiger partial charge is 0.136 e. The van der Waals surface area contributed by atoms with Gasteiger partial charge in [0.2, 0.25) is 0 Å². The molecule has 0 aromatic carbocycles. The summed E-state index contributed by atoms with van der Waals surface area (Å²) in [7, 11) is 0. The van der Waals surface area contributed by atoms with Crippen molar-refractivity contribution in [2.45, 2.75) is 32.1 Å². The van der Waals surface area contributed by atoms with E-state index in [1.807, 2.05) is 0 Å². The van der Waals surface area contributed by atoms with Gasteiger partial charge in [0.1, 0.15) is 5.78 Å². The van der Waals surface area contributed by atoms with Gasteiger partial charge in [-0.2, -0.15) is 0 Å². The molecule has 0 aromatic heterocycles. The molecule has 0 bridgehead atoms. The highest BCUT2D eigenvalue weighted by Gasteiger charge is 2.19. The lowest BCUT2D eigenvalue weighted by atomic mass is 9.91. The molecule has 1 rings (SSSR count). The number of Topliss-reactive ketones (excluding diaryl/α,β-unsaturated/α-hetero) is 1. The van der Waals surface area contributed by atoms with Crippen LogP contribution in [0.5, 0.6) is 0 Å². The van der Waals surface area contributed by atoms with Gasteiger partial charge in [-0.15, -0.1) is 12.3 Å². The van der Waals surface area contributed by atoms with Crippen LogP contribution in [0.25, 0.3) is 0 Å². The van der Waals surface area contributed by atoms with Gasteiger partial charge >= 0.3 is 0 Å². The zero-order valence-corrected chi connectivity index (χ0v) is 8.01. The van der Waals surface area contributed by atoms with Gasteiger partial charge in [-0.25, -0.2) is 0 Å². The minimum Gasteiger partial charge on any atom is -0.317 e. The summed E-state index contributed by atoms with van der Waals surface area (Å²) in [6, 6.07) is 0. The maximum atomic E-state index is 11.6. The van der Waals surface area contributed by atoms with Crippen LogP contribution in [0.3, 0.4) is 0 Å². The Kier molecular flexibility index (Phi) is 4.56. The first-order chi connectivity index (χ1) is 6.34. The first-order valence-corrected chi connectivity index (χ1v) is 5.01. The molecule has 0 unspecified atom stereocenters. The number of unbranched alkanes of at least 4 members (excludes halogenated alkanes) is 1. The van der Waals surface area contributed by atoms with Crippen molar-refractivity contribution >= 4 is 5.78 Å². The van der Waals surface area contributed by atoms with Crippen molar-refractivity contribution in [2.24, 2.45) is 5.92 Å². The molecule has 0 atom stereocenters. The van der Waals surface area contributed by atoms with Gasteiger partial charge in [0.05, 0.1) is 0 Å². The summed E-state index contributed by atoms with van der Waals surface area (Å²) < 4.78 is 0. The molecule has 1 saturated heterocycles. The van der Waals surface area contributed by atoms with Crippen LogP contribution in [-0.2, 0) is 4.79 Å². The number of piperidine rings is 1. The van der Waals surface area contributed by atoms with Crippen LogP contribution >= 0.6 is 0 Å². The molecule has 72 valence electrons. The topological polar surface area (TPSA) is 29.1 Å². The average Bonchev–Trinajstić information content (AvgIpc) is 2.19. The predicted molar refractivity (Wildman–Crippen MR) is 53.3 cm³/mol. The fourth-order valence-corrected chi connectivity index (χ4v) is 1.71. The van der Waals surface area contributed by atoms with Crippen molar-refractivity contribution in [3.63, 3.8) is 0 Å². The second kappa shape index (κ2) is 5.77. The molecule has 2 nitrogen and oxygen atoms in total. The fraction of sp³-hybridized carbons (Fsp3) is 0.727. The molecule has 0 saturated carbocycles. The summed E-state index contributed by atoms with van der Waals surface area (Å²) >= 11 is 0. The van der Waals surface area contributed by atoms with Gasteiger partial charge < -0.3 is 5.32 Å². The first-order valence-electron chi connectivity index (χ1n) is 5.01. The molecular formula is C11H17NO. The molecule has 0 aromatic rings. The monoisotopic (exact) mass is 179 g/mol. The van der Waals surface area contributed by atoms with Gasteiger partial charge in [0.15, 0.2) is 0 Å². The zero-order chi connectivity index (χ0) is 9.52. The largest absolute Gasteiger partial charge is 0.317 e. The maximum Gasteiger partial charge on any atom is 0.136 e. The third-order valence-electron chi connectivity index (χ3n) is 2.54. The second-order valence-corrected chi connectivity index (χ2v) is 3.55. The van der Waals surface area contributed by atoms with Gasteiger partial charge in [-0.1, -0.05) is 0 Å². The minimum atomic E-state index is 0.305. The van der Waals surface area contributed by atoms with E-state index >= 15 is 0 Å². The third kappa shape index (κ3) is 3.61. The number of rotatable bonds is 4. The zero-order valence-electron chi connectivity index (χ0n) is 8.01. The van der Waals surface area contributed by atoms with E-state index in [-0.39, 0.29) is 0 Å². The van der Waals surface area contributed by atoms with Gasteiger partial charge in [0.25, 0.3) is 0 Å². The van der Waals surface area contributed by atoms with Crippen LogP contribution in [0.2, 0.25) is 0 Å². The average molecular weight is 179 g/mol. The van der Waals surface area contributed by atoms with E-state index in [1.54, 1.807) is 0 Å². The Morgan fingerprint density at radius 1 is 1.46 bits per heavy atom. The molecule has 0 radical (unpaired) electrons. The summed E-state index contributed by atoms with van der Waals surface area (Å²) in [5, 5.41) is 3.25. The minimum absolute atomic E-state index is 0.305. The number of carbonyl (C=O) groups excluding carboxylic acids is 1. The number of nitrogens with one attached hydrogen (secondary N) is 1. The summed E-state index contributed by atoms with van der Waals surface area (Å²) in [5.41, 5.74) is 0. The van der Waals surface area contributed by atoms with Crippen molar-refractivity contribution in [1.29, 1.82) is 0 Å². The number of ketones is 1. The lowest BCUT2D eigenvalue weighted by Crippen LogP contribution is -2.31. The highest BCUT2D eigenvalue weighted by atomic mass is 16.1. The molecule has 13 heavy (non-hydrogen) atoms. The summed E-state index contributed by atoms with van der Waals surface area (Å²) in [6.45, 7) is 1.98. The van der Waals surface area contributed by atoms with E-state index in [1.165, 1.54) is 0 Å². The molecule has 1 fully saturated rings. The van der Waals surface area contributed by atoms with Crippen LogP contribution in [-0.4, -0.2) is 18.9 Å². The maximum absolute atomic E-state index is 11.6. The fourth-order valence-electron chi connectivity index (χ4n) is 1.71. The number of hydrogen-bond acceptors (Lipinski definition) is 2. The Hall–Kier alpha value is -0.810. The Morgan fingerprint density at radius 3 is 2.77 bits per heavy atom. The van der Waals surface area contributed by atoms with E-state index in [9.17, 15) is 4.79 Å². The first kappa shape index (κ1) is 10.3. The highest BCUT2D eigenvalue weighted by molar-refractivity contribution is 5.81. The van der Waals surface area contributed by atoms with E-state index in [4.69, 9.17) is 6.42 Å². The molecule has 2 heteroatoms. The van der Waals surface area contributed by atoms with Crippen molar-refractivity contribution in [3.05, 3.63) is 0 Å². The van der Waals surface area contributed by atoms with E-state index in [0.29, 0.717) is 18.1 Å². The molecule has 0 amide bonds. The Bertz CT molecular complexity index is 199. The summed E-state index contributed by atoms with van der Waals surface area (Å²) in [4.78, 5) is 11.6. The van der Waals surface area contributed by atoms with Crippen molar-refractivity contribution < 1.29 is 4.79 Å². The SMILES string of the molecule is C#CCCCC(=O)C1CCNCC1. The van der Waals surface area contributed by atoms with E-state index in [0.717, 1.165) is 38.8 Å². The van der Waals surface area contributed by atoms with Gasteiger partial charge in [-0.3, -0.25) is 4.79 Å².